The van der Waals surface area contributed by atoms with E-state index in [1.54, 1.807) is 0 Å². The predicted octanol–water partition coefficient (Wildman–Crippen LogP) is 2.33. The lowest BCUT2D eigenvalue weighted by Crippen LogP contribution is -2.39. The molecule has 1 rings (SSSR count). The van der Waals surface area contributed by atoms with Gasteiger partial charge in [0, 0.05) is 12.8 Å². The van der Waals surface area contributed by atoms with Gasteiger partial charge in [-0.3, -0.25) is 4.79 Å². The molecular formula is C15H24N2O2. The Morgan fingerprint density at radius 3 is 2.58 bits per heavy atom. The lowest BCUT2D eigenvalue weighted by molar-refractivity contribution is -0.118. The van der Waals surface area contributed by atoms with Crippen LogP contribution in [0.2, 0.25) is 0 Å². The summed E-state index contributed by atoms with van der Waals surface area (Å²) in [6.45, 7) is 2.42. The molecule has 0 fully saturated rings. The first-order valence-electron chi connectivity index (χ1n) is 6.81. The van der Waals surface area contributed by atoms with E-state index in [0.717, 1.165) is 12.1 Å². The third kappa shape index (κ3) is 5.85. The molecule has 0 bridgehead atoms. The second-order valence-electron chi connectivity index (χ2n) is 4.71. The minimum atomic E-state index is -0.630. The minimum Gasteiger partial charge on any atom is -0.383 e. The van der Waals surface area contributed by atoms with Crippen molar-refractivity contribution in [1.82, 2.24) is 0 Å². The Balaban J connectivity index is 2.45. The Hall–Kier alpha value is -1.39. The highest BCUT2D eigenvalue weighted by molar-refractivity contribution is 5.94. The van der Waals surface area contributed by atoms with Gasteiger partial charge in [0.2, 0.25) is 5.91 Å². The third-order valence-corrected chi connectivity index (χ3v) is 2.97. The largest absolute Gasteiger partial charge is 0.383 e. The average Bonchev–Trinajstić information content (AvgIpc) is 2.41. The molecule has 106 valence electrons. The van der Waals surface area contributed by atoms with Crippen LogP contribution in [-0.2, 0) is 16.0 Å². The van der Waals surface area contributed by atoms with E-state index in [4.69, 9.17) is 10.5 Å². The van der Waals surface area contributed by atoms with Crippen LogP contribution in [0.1, 0.15) is 31.7 Å². The highest BCUT2D eigenvalue weighted by atomic mass is 16.5. The van der Waals surface area contributed by atoms with E-state index in [2.05, 4.69) is 12.2 Å². The number of nitrogens with one attached hydrogen (secondary N) is 1. The molecular weight excluding hydrogens is 240 g/mol. The number of ether oxygens (including phenoxy) is 1. The van der Waals surface area contributed by atoms with Gasteiger partial charge in [-0.15, -0.1) is 0 Å². The molecule has 1 aromatic carbocycles. The Labute approximate surface area is 115 Å². The first-order chi connectivity index (χ1) is 9.17. The fraction of sp³-hybridized carbons (Fsp3) is 0.533. The van der Waals surface area contributed by atoms with Crippen molar-refractivity contribution >= 4 is 11.6 Å². The number of hydrogen-bond donors (Lipinski definition) is 2. The Morgan fingerprint density at radius 1 is 1.32 bits per heavy atom. The van der Waals surface area contributed by atoms with Crippen LogP contribution < -0.4 is 11.1 Å². The molecule has 4 nitrogen and oxygen atoms in total. The van der Waals surface area contributed by atoms with Gasteiger partial charge in [-0.1, -0.05) is 31.9 Å². The van der Waals surface area contributed by atoms with E-state index < -0.39 is 6.04 Å². The number of nitrogens with two attached hydrogens (primary N) is 1. The SMILES string of the molecule is CCCCCc1ccc(NC(=O)C(N)COC)cc1. The van der Waals surface area contributed by atoms with Crippen LogP contribution in [0.3, 0.4) is 0 Å². The summed E-state index contributed by atoms with van der Waals surface area (Å²) in [5.74, 6) is -0.222. The highest BCUT2D eigenvalue weighted by Crippen LogP contribution is 2.12. The summed E-state index contributed by atoms with van der Waals surface area (Å²) >= 11 is 0. The normalized spacial score (nSPS) is 12.2. The van der Waals surface area contributed by atoms with Crippen molar-refractivity contribution in [3.8, 4) is 0 Å². The zero-order valence-electron chi connectivity index (χ0n) is 11.8. The van der Waals surface area contributed by atoms with E-state index in [1.165, 1.54) is 31.9 Å². The number of carbonyl (C=O) groups is 1. The van der Waals surface area contributed by atoms with Crippen molar-refractivity contribution in [3.05, 3.63) is 29.8 Å². The zero-order chi connectivity index (χ0) is 14.1. The second-order valence-corrected chi connectivity index (χ2v) is 4.71. The quantitative estimate of drug-likeness (QED) is 0.708. The fourth-order valence-corrected chi connectivity index (χ4v) is 1.82. The van der Waals surface area contributed by atoms with Gasteiger partial charge in [-0.25, -0.2) is 0 Å². The van der Waals surface area contributed by atoms with Crippen molar-refractivity contribution in [2.75, 3.05) is 19.0 Å². The number of aryl methyl sites for hydroxylation is 1. The van der Waals surface area contributed by atoms with Crippen molar-refractivity contribution in [2.45, 2.75) is 38.6 Å². The number of rotatable bonds is 8. The summed E-state index contributed by atoms with van der Waals surface area (Å²) in [6, 6.07) is 7.30. The molecule has 3 N–H and O–H groups in total. The van der Waals surface area contributed by atoms with Crippen LogP contribution in [0.25, 0.3) is 0 Å². The maximum Gasteiger partial charge on any atom is 0.243 e. The maximum absolute atomic E-state index is 11.7. The van der Waals surface area contributed by atoms with Crippen LogP contribution in [0, 0.1) is 0 Å². The molecule has 19 heavy (non-hydrogen) atoms. The molecule has 0 aliphatic carbocycles. The maximum atomic E-state index is 11.7. The molecule has 1 atom stereocenters. The molecule has 4 heteroatoms. The van der Waals surface area contributed by atoms with Crippen molar-refractivity contribution in [3.63, 3.8) is 0 Å². The summed E-state index contributed by atoms with van der Waals surface area (Å²) in [7, 11) is 1.53. The summed E-state index contributed by atoms with van der Waals surface area (Å²) in [5.41, 5.74) is 7.72. The molecule has 1 aromatic rings. The third-order valence-electron chi connectivity index (χ3n) is 2.97. The van der Waals surface area contributed by atoms with E-state index in [-0.39, 0.29) is 12.5 Å². The molecule has 0 saturated heterocycles. The lowest BCUT2D eigenvalue weighted by atomic mass is 10.1. The van der Waals surface area contributed by atoms with Gasteiger partial charge in [0.1, 0.15) is 6.04 Å². The minimum absolute atomic E-state index is 0.222. The molecule has 0 aliphatic rings. The highest BCUT2D eigenvalue weighted by Gasteiger charge is 2.12. The van der Waals surface area contributed by atoms with Gasteiger partial charge in [0.15, 0.2) is 0 Å². The molecule has 1 amide bonds. The van der Waals surface area contributed by atoms with Crippen LogP contribution in [-0.4, -0.2) is 25.7 Å². The Morgan fingerprint density at radius 2 is 2.00 bits per heavy atom. The second kappa shape index (κ2) is 8.67. The number of benzene rings is 1. The molecule has 0 aliphatic heterocycles. The number of anilines is 1. The van der Waals surface area contributed by atoms with Crippen molar-refractivity contribution in [2.24, 2.45) is 5.73 Å². The molecule has 0 saturated carbocycles. The standard InChI is InChI=1S/C15H24N2O2/c1-3-4-5-6-12-7-9-13(10-8-12)17-15(18)14(16)11-19-2/h7-10,14H,3-6,11,16H2,1-2H3,(H,17,18). The average molecular weight is 264 g/mol. The van der Waals surface area contributed by atoms with Gasteiger partial charge < -0.3 is 15.8 Å². The summed E-state index contributed by atoms with van der Waals surface area (Å²) < 4.78 is 4.85. The number of amides is 1. The zero-order valence-corrected chi connectivity index (χ0v) is 11.8. The van der Waals surface area contributed by atoms with E-state index in [9.17, 15) is 4.79 Å². The van der Waals surface area contributed by atoms with E-state index >= 15 is 0 Å². The summed E-state index contributed by atoms with van der Waals surface area (Å²) in [6.07, 6.45) is 4.78. The fourth-order valence-electron chi connectivity index (χ4n) is 1.82. The predicted molar refractivity (Wildman–Crippen MR) is 78.2 cm³/mol. The monoisotopic (exact) mass is 264 g/mol. The first kappa shape index (κ1) is 15.7. The number of carbonyl (C=O) groups excluding carboxylic acids is 1. The smallest absolute Gasteiger partial charge is 0.243 e. The number of hydrogen-bond acceptors (Lipinski definition) is 3. The van der Waals surface area contributed by atoms with E-state index in [0.29, 0.717) is 0 Å². The van der Waals surface area contributed by atoms with Gasteiger partial charge in [0.05, 0.1) is 6.61 Å². The lowest BCUT2D eigenvalue weighted by Gasteiger charge is -2.11. The molecule has 0 spiro atoms. The van der Waals surface area contributed by atoms with Crippen molar-refractivity contribution in [1.29, 1.82) is 0 Å². The molecule has 0 heterocycles. The first-order valence-corrected chi connectivity index (χ1v) is 6.81. The van der Waals surface area contributed by atoms with Crippen LogP contribution >= 0.6 is 0 Å². The van der Waals surface area contributed by atoms with E-state index in [1.807, 2.05) is 24.3 Å². The van der Waals surface area contributed by atoms with Crippen LogP contribution in [0.15, 0.2) is 24.3 Å². The van der Waals surface area contributed by atoms with Gasteiger partial charge in [-0.05, 0) is 30.5 Å². The van der Waals surface area contributed by atoms with Gasteiger partial charge >= 0.3 is 0 Å². The van der Waals surface area contributed by atoms with Gasteiger partial charge in [0.25, 0.3) is 0 Å². The summed E-state index contributed by atoms with van der Waals surface area (Å²) in [4.78, 5) is 11.7. The Kier molecular flexibility index (Phi) is 7.15. The number of unbranched alkanes of at least 4 members (excludes halogenated alkanes) is 2. The summed E-state index contributed by atoms with van der Waals surface area (Å²) in [5, 5.41) is 2.78. The van der Waals surface area contributed by atoms with Crippen molar-refractivity contribution < 1.29 is 9.53 Å². The molecule has 1 unspecified atom stereocenters. The van der Waals surface area contributed by atoms with Crippen LogP contribution in [0.4, 0.5) is 5.69 Å². The van der Waals surface area contributed by atoms with Crippen LogP contribution in [0.5, 0.6) is 0 Å². The Bertz CT molecular complexity index is 376. The topological polar surface area (TPSA) is 64.4 Å². The molecule has 0 aromatic heterocycles. The molecule has 0 radical (unpaired) electrons. The van der Waals surface area contributed by atoms with Gasteiger partial charge in [-0.2, -0.15) is 0 Å². The number of methoxy groups -OCH3 is 1.